The van der Waals surface area contributed by atoms with Gasteiger partial charge in [0.05, 0.1) is 18.9 Å². The molecule has 1 aromatic heterocycles. The maximum absolute atomic E-state index is 13.3. The number of anilines is 1. The lowest BCUT2D eigenvalue weighted by atomic mass is 10.0. The topological polar surface area (TPSA) is 131 Å². The average Bonchev–Trinajstić information content (AvgIpc) is 2.37. The van der Waals surface area contributed by atoms with E-state index < -0.39 is 48.5 Å². The molecular formula is C10H14FN3O5. The van der Waals surface area contributed by atoms with Gasteiger partial charge in [-0.15, -0.1) is 0 Å². The standard InChI is InChI=1S/C10H14FN3O5/c11-4-2-14(10(18)13-9(4)12)7-1-5(16)8(17)6(3-15)19-7/h2,5-8,15-17H,1,3H2,(H2,12,13,18)/t5-,6-,7?,8+/m1/s1. The third kappa shape index (κ3) is 2.59. The molecule has 1 saturated heterocycles. The molecule has 2 rings (SSSR count). The second kappa shape index (κ2) is 5.21. The molecule has 106 valence electrons. The summed E-state index contributed by atoms with van der Waals surface area (Å²) in [5, 5.41) is 28.2. The van der Waals surface area contributed by atoms with E-state index in [1.165, 1.54) is 0 Å². The average molecular weight is 275 g/mol. The van der Waals surface area contributed by atoms with Gasteiger partial charge in [-0.1, -0.05) is 0 Å². The van der Waals surface area contributed by atoms with Crippen LogP contribution < -0.4 is 11.4 Å². The lowest BCUT2D eigenvalue weighted by Gasteiger charge is -2.36. The Morgan fingerprint density at radius 1 is 1.58 bits per heavy atom. The Kier molecular flexibility index (Phi) is 3.80. The van der Waals surface area contributed by atoms with Crippen molar-refractivity contribution >= 4 is 5.82 Å². The van der Waals surface area contributed by atoms with Crippen LogP contribution in [0.15, 0.2) is 11.0 Å². The SMILES string of the molecule is Nc1nc(=O)n(C2C[C@@H](O)[C@H](O)[C@@H](CO)O2)cc1F. The summed E-state index contributed by atoms with van der Waals surface area (Å²) in [6, 6.07) is 0. The van der Waals surface area contributed by atoms with Crippen LogP contribution in [0.5, 0.6) is 0 Å². The first-order chi connectivity index (χ1) is 8.93. The third-order valence-electron chi connectivity index (χ3n) is 2.97. The van der Waals surface area contributed by atoms with Gasteiger partial charge < -0.3 is 25.8 Å². The van der Waals surface area contributed by atoms with Crippen molar-refractivity contribution in [3.63, 3.8) is 0 Å². The summed E-state index contributed by atoms with van der Waals surface area (Å²) >= 11 is 0. The quantitative estimate of drug-likeness (QED) is 0.489. The number of nitrogens with zero attached hydrogens (tertiary/aromatic N) is 2. The summed E-state index contributed by atoms with van der Waals surface area (Å²) < 4.78 is 19.4. The van der Waals surface area contributed by atoms with Gasteiger partial charge in [0.25, 0.3) is 0 Å². The van der Waals surface area contributed by atoms with Crippen LogP contribution in [0.2, 0.25) is 0 Å². The van der Waals surface area contributed by atoms with E-state index in [2.05, 4.69) is 4.98 Å². The highest BCUT2D eigenvalue weighted by atomic mass is 19.1. The minimum absolute atomic E-state index is 0.136. The largest absolute Gasteiger partial charge is 0.394 e. The van der Waals surface area contributed by atoms with Gasteiger partial charge in [0.1, 0.15) is 18.4 Å². The van der Waals surface area contributed by atoms with E-state index in [0.29, 0.717) is 0 Å². The normalized spacial score (nSPS) is 31.4. The minimum Gasteiger partial charge on any atom is -0.394 e. The molecule has 4 atom stereocenters. The van der Waals surface area contributed by atoms with E-state index in [4.69, 9.17) is 15.6 Å². The number of aliphatic hydroxyl groups is 3. The van der Waals surface area contributed by atoms with Crippen molar-refractivity contribution in [1.82, 2.24) is 9.55 Å². The fourth-order valence-corrected chi connectivity index (χ4v) is 1.93. The van der Waals surface area contributed by atoms with Crippen LogP contribution in [0.25, 0.3) is 0 Å². The molecule has 0 bridgehead atoms. The van der Waals surface area contributed by atoms with Crippen molar-refractivity contribution in [3.05, 3.63) is 22.5 Å². The van der Waals surface area contributed by atoms with Gasteiger partial charge in [-0.3, -0.25) is 4.57 Å². The van der Waals surface area contributed by atoms with Crippen LogP contribution in [-0.2, 0) is 4.74 Å². The molecule has 1 aliphatic heterocycles. The van der Waals surface area contributed by atoms with Crippen molar-refractivity contribution in [2.24, 2.45) is 0 Å². The van der Waals surface area contributed by atoms with E-state index >= 15 is 0 Å². The Labute approximate surface area is 106 Å². The molecule has 0 spiro atoms. The number of hydrogen-bond donors (Lipinski definition) is 4. The molecule has 1 fully saturated rings. The first-order valence-corrected chi connectivity index (χ1v) is 5.60. The summed E-state index contributed by atoms with van der Waals surface area (Å²) in [5.74, 6) is -1.43. The van der Waals surface area contributed by atoms with Gasteiger partial charge >= 0.3 is 5.69 Å². The molecule has 0 radical (unpaired) electrons. The van der Waals surface area contributed by atoms with Crippen molar-refractivity contribution < 1.29 is 24.4 Å². The number of ether oxygens (including phenoxy) is 1. The van der Waals surface area contributed by atoms with Crippen LogP contribution in [-0.4, -0.2) is 49.8 Å². The molecule has 0 aliphatic carbocycles. The van der Waals surface area contributed by atoms with Gasteiger partial charge in [0.2, 0.25) is 0 Å². The Morgan fingerprint density at radius 3 is 2.89 bits per heavy atom. The van der Waals surface area contributed by atoms with Crippen molar-refractivity contribution in [2.75, 3.05) is 12.3 Å². The number of hydrogen-bond acceptors (Lipinski definition) is 7. The molecular weight excluding hydrogens is 261 g/mol. The number of aromatic nitrogens is 2. The van der Waals surface area contributed by atoms with Gasteiger partial charge in [-0.2, -0.15) is 4.98 Å². The van der Waals surface area contributed by atoms with Gasteiger partial charge in [-0.25, -0.2) is 9.18 Å². The smallest absolute Gasteiger partial charge is 0.351 e. The minimum atomic E-state index is -1.27. The molecule has 0 saturated carbocycles. The van der Waals surface area contributed by atoms with Crippen LogP contribution in [0.3, 0.4) is 0 Å². The number of aliphatic hydroxyl groups excluding tert-OH is 3. The first kappa shape index (κ1) is 13.9. The van der Waals surface area contributed by atoms with Gasteiger partial charge in [0.15, 0.2) is 11.6 Å². The summed E-state index contributed by atoms with van der Waals surface area (Å²) in [6.07, 6.45) is -3.91. The maximum Gasteiger partial charge on any atom is 0.351 e. The Bertz CT molecular complexity index is 522. The maximum atomic E-state index is 13.3. The molecule has 19 heavy (non-hydrogen) atoms. The summed E-state index contributed by atoms with van der Waals surface area (Å²) in [5.41, 5.74) is 4.31. The third-order valence-corrected chi connectivity index (χ3v) is 2.97. The Morgan fingerprint density at radius 2 is 2.26 bits per heavy atom. The lowest BCUT2D eigenvalue weighted by molar-refractivity contribution is -0.202. The molecule has 9 heteroatoms. The number of halogens is 1. The van der Waals surface area contributed by atoms with Gasteiger partial charge in [0, 0.05) is 6.42 Å². The van der Waals surface area contributed by atoms with Crippen molar-refractivity contribution in [3.8, 4) is 0 Å². The van der Waals surface area contributed by atoms with Crippen molar-refractivity contribution in [1.29, 1.82) is 0 Å². The Hall–Kier alpha value is -1.55. The van der Waals surface area contributed by atoms with E-state index in [1.54, 1.807) is 0 Å². The van der Waals surface area contributed by atoms with E-state index in [1.807, 2.05) is 0 Å². The van der Waals surface area contributed by atoms with E-state index in [0.717, 1.165) is 10.8 Å². The molecule has 5 N–H and O–H groups in total. The highest BCUT2D eigenvalue weighted by Gasteiger charge is 2.37. The Balaban J connectivity index is 2.32. The molecule has 1 aliphatic rings. The van der Waals surface area contributed by atoms with Crippen molar-refractivity contribution in [2.45, 2.75) is 31.0 Å². The van der Waals surface area contributed by atoms with Crippen LogP contribution in [0.4, 0.5) is 10.2 Å². The predicted octanol–water partition coefficient (Wildman–Crippen LogP) is -2.03. The number of nitrogens with two attached hydrogens (primary N) is 1. The highest BCUT2D eigenvalue weighted by Crippen LogP contribution is 2.26. The zero-order valence-corrected chi connectivity index (χ0v) is 9.81. The molecule has 1 unspecified atom stereocenters. The van der Waals surface area contributed by atoms with Crippen LogP contribution in [0, 0.1) is 5.82 Å². The van der Waals surface area contributed by atoms with Crippen LogP contribution >= 0.6 is 0 Å². The van der Waals surface area contributed by atoms with Gasteiger partial charge in [-0.05, 0) is 0 Å². The second-order valence-electron chi connectivity index (χ2n) is 4.27. The predicted molar refractivity (Wildman–Crippen MR) is 60.5 cm³/mol. The fourth-order valence-electron chi connectivity index (χ4n) is 1.93. The lowest BCUT2D eigenvalue weighted by Crippen LogP contribution is -2.49. The molecule has 0 amide bonds. The molecule has 1 aromatic rings. The molecule has 0 aromatic carbocycles. The fraction of sp³-hybridized carbons (Fsp3) is 0.600. The zero-order valence-electron chi connectivity index (χ0n) is 9.81. The molecule has 8 nitrogen and oxygen atoms in total. The van der Waals surface area contributed by atoms with E-state index in [9.17, 15) is 19.4 Å². The van der Waals surface area contributed by atoms with Crippen LogP contribution in [0.1, 0.15) is 12.6 Å². The number of rotatable bonds is 2. The monoisotopic (exact) mass is 275 g/mol. The van der Waals surface area contributed by atoms with E-state index in [-0.39, 0.29) is 6.42 Å². The highest BCUT2D eigenvalue weighted by molar-refractivity contribution is 5.26. The summed E-state index contributed by atoms with van der Waals surface area (Å²) in [4.78, 5) is 14.9. The number of nitrogen functional groups attached to an aromatic ring is 1. The summed E-state index contributed by atoms with van der Waals surface area (Å²) in [6.45, 7) is -0.547. The zero-order chi connectivity index (χ0) is 14.2. The summed E-state index contributed by atoms with van der Waals surface area (Å²) in [7, 11) is 0. The molecule has 2 heterocycles. The first-order valence-electron chi connectivity index (χ1n) is 5.60. The second-order valence-corrected chi connectivity index (χ2v) is 4.27.